The molecule has 3 aromatic rings. The Kier molecular flexibility index (Phi) is 8.12. The van der Waals surface area contributed by atoms with E-state index in [-0.39, 0.29) is 17.9 Å². The Balaban J connectivity index is 1.72. The fourth-order valence-corrected chi connectivity index (χ4v) is 3.12. The van der Waals surface area contributed by atoms with Gasteiger partial charge >= 0.3 is 12.0 Å². The first kappa shape index (κ1) is 24.9. The molecule has 0 atom stereocenters. The Bertz CT molecular complexity index is 1210. The van der Waals surface area contributed by atoms with E-state index in [0.29, 0.717) is 34.1 Å². The summed E-state index contributed by atoms with van der Waals surface area (Å²) >= 11 is 0. The lowest BCUT2D eigenvalue weighted by Crippen LogP contribution is -2.19. The third-order valence-electron chi connectivity index (χ3n) is 4.84. The molecule has 10 nitrogen and oxygen atoms in total. The highest BCUT2D eigenvalue weighted by Gasteiger charge is 2.20. The van der Waals surface area contributed by atoms with Gasteiger partial charge < -0.3 is 35.9 Å². The van der Waals surface area contributed by atoms with Crippen molar-refractivity contribution in [3.63, 3.8) is 0 Å². The predicted molar refractivity (Wildman–Crippen MR) is 133 cm³/mol. The average Bonchev–Trinajstić information content (AvgIpc) is 2.85. The molecule has 0 bridgehead atoms. The first-order valence-corrected chi connectivity index (χ1v) is 10.6. The van der Waals surface area contributed by atoms with Gasteiger partial charge in [0, 0.05) is 34.8 Å². The molecule has 3 rings (SSSR count). The molecule has 0 aliphatic rings. The van der Waals surface area contributed by atoms with Crippen LogP contribution in [0.5, 0.6) is 11.5 Å². The van der Waals surface area contributed by atoms with Crippen LogP contribution in [0, 0.1) is 0 Å². The molecule has 0 aliphatic heterocycles. The number of nitrogen functional groups attached to an aromatic ring is 1. The normalized spacial score (nSPS) is 10.1. The van der Waals surface area contributed by atoms with Crippen molar-refractivity contribution >= 4 is 40.7 Å². The second-order valence-corrected chi connectivity index (χ2v) is 7.21. The summed E-state index contributed by atoms with van der Waals surface area (Å²) in [7, 11) is 2.89. The van der Waals surface area contributed by atoms with E-state index in [9.17, 15) is 14.4 Å². The molecule has 3 aromatic carbocycles. The summed E-state index contributed by atoms with van der Waals surface area (Å²) in [4.78, 5) is 37.5. The van der Waals surface area contributed by atoms with Crippen molar-refractivity contribution in [2.75, 3.05) is 42.5 Å². The summed E-state index contributed by atoms with van der Waals surface area (Å²) in [6, 6.07) is 15.4. The summed E-state index contributed by atoms with van der Waals surface area (Å²) in [5.41, 5.74) is 7.92. The topological polar surface area (TPSA) is 141 Å². The molecule has 0 aromatic heterocycles. The van der Waals surface area contributed by atoms with Gasteiger partial charge in [-0.05, 0) is 55.5 Å². The fourth-order valence-electron chi connectivity index (χ4n) is 3.12. The van der Waals surface area contributed by atoms with E-state index >= 15 is 0 Å². The highest BCUT2D eigenvalue weighted by atomic mass is 16.5. The number of rotatable bonds is 8. The van der Waals surface area contributed by atoms with Crippen molar-refractivity contribution in [2.45, 2.75) is 6.92 Å². The maximum Gasteiger partial charge on any atom is 0.340 e. The van der Waals surface area contributed by atoms with Crippen LogP contribution in [0.1, 0.15) is 27.6 Å². The molecule has 0 aliphatic carbocycles. The van der Waals surface area contributed by atoms with E-state index < -0.39 is 17.9 Å². The first-order valence-electron chi connectivity index (χ1n) is 10.6. The van der Waals surface area contributed by atoms with Crippen LogP contribution >= 0.6 is 0 Å². The summed E-state index contributed by atoms with van der Waals surface area (Å²) in [6.45, 7) is 1.85. The second kappa shape index (κ2) is 11.4. The van der Waals surface area contributed by atoms with Crippen LogP contribution in [-0.4, -0.2) is 38.7 Å². The zero-order valence-electron chi connectivity index (χ0n) is 19.5. The van der Waals surface area contributed by atoms with Crippen molar-refractivity contribution < 1.29 is 28.6 Å². The van der Waals surface area contributed by atoms with Crippen molar-refractivity contribution in [2.24, 2.45) is 0 Å². The monoisotopic (exact) mass is 478 g/mol. The van der Waals surface area contributed by atoms with E-state index in [2.05, 4.69) is 16.0 Å². The van der Waals surface area contributed by atoms with Crippen LogP contribution in [0.3, 0.4) is 0 Å². The smallest absolute Gasteiger partial charge is 0.340 e. The van der Waals surface area contributed by atoms with Gasteiger partial charge in [-0.3, -0.25) is 4.79 Å². The molecule has 0 radical (unpaired) electrons. The molecule has 0 saturated heterocycles. The summed E-state index contributed by atoms with van der Waals surface area (Å²) in [5, 5.41) is 8.07. The van der Waals surface area contributed by atoms with Crippen LogP contribution in [0.4, 0.5) is 27.5 Å². The lowest BCUT2D eigenvalue weighted by atomic mass is 10.1. The van der Waals surface area contributed by atoms with Gasteiger partial charge in [-0.15, -0.1) is 0 Å². The van der Waals surface area contributed by atoms with Crippen LogP contribution in [0.25, 0.3) is 0 Å². The van der Waals surface area contributed by atoms with Crippen LogP contribution in [-0.2, 0) is 4.74 Å². The number of nitrogens with one attached hydrogen (secondary N) is 3. The number of carbonyl (C=O) groups is 3. The zero-order valence-corrected chi connectivity index (χ0v) is 19.5. The highest BCUT2D eigenvalue weighted by molar-refractivity contribution is 6.09. The van der Waals surface area contributed by atoms with Gasteiger partial charge in [-0.25, -0.2) is 9.59 Å². The standard InChI is InChI=1S/C25H26N4O6/c1-4-35-24(31)19-13-21(33-2)22(34-3)14-20(19)29-23(30)15-5-9-17(10-6-15)27-25(32)28-18-11-7-16(26)8-12-18/h5-14H,4,26H2,1-3H3,(H,29,30)(H2,27,28,32). The molecule has 5 N–H and O–H groups in total. The van der Waals surface area contributed by atoms with E-state index in [1.54, 1.807) is 55.5 Å². The lowest BCUT2D eigenvalue weighted by Gasteiger charge is -2.15. The number of amides is 3. The Morgan fingerprint density at radius 3 is 1.89 bits per heavy atom. The first-order chi connectivity index (χ1) is 16.8. The number of anilines is 4. The van der Waals surface area contributed by atoms with Crippen molar-refractivity contribution in [1.29, 1.82) is 0 Å². The minimum atomic E-state index is -0.615. The van der Waals surface area contributed by atoms with Gasteiger partial charge in [0.25, 0.3) is 5.91 Å². The summed E-state index contributed by atoms with van der Waals surface area (Å²) in [6.07, 6.45) is 0. The van der Waals surface area contributed by atoms with Crippen LogP contribution < -0.4 is 31.2 Å². The average molecular weight is 479 g/mol. The van der Waals surface area contributed by atoms with Gasteiger partial charge in [0.15, 0.2) is 11.5 Å². The highest BCUT2D eigenvalue weighted by Crippen LogP contribution is 2.34. The van der Waals surface area contributed by atoms with Crippen molar-refractivity contribution in [3.05, 3.63) is 71.8 Å². The van der Waals surface area contributed by atoms with Gasteiger partial charge in [0.05, 0.1) is 32.1 Å². The Labute approximate surface area is 202 Å². The SMILES string of the molecule is CCOC(=O)c1cc(OC)c(OC)cc1NC(=O)c1ccc(NC(=O)Nc2ccc(N)cc2)cc1. The van der Waals surface area contributed by atoms with Crippen molar-refractivity contribution in [3.8, 4) is 11.5 Å². The summed E-state index contributed by atoms with van der Waals surface area (Å²) in [5.74, 6) is -0.431. The number of benzene rings is 3. The molecule has 10 heteroatoms. The molecule has 182 valence electrons. The number of hydrogen-bond acceptors (Lipinski definition) is 7. The minimum Gasteiger partial charge on any atom is -0.493 e. The maximum atomic E-state index is 12.9. The molecule has 0 spiro atoms. The van der Waals surface area contributed by atoms with Gasteiger partial charge in [-0.2, -0.15) is 0 Å². The lowest BCUT2D eigenvalue weighted by molar-refractivity contribution is 0.0527. The van der Waals surface area contributed by atoms with E-state index in [1.807, 2.05) is 0 Å². The number of nitrogens with two attached hydrogens (primary N) is 1. The quantitative estimate of drug-likeness (QED) is 0.278. The Hall–Kier alpha value is -4.73. The van der Waals surface area contributed by atoms with Gasteiger partial charge in [-0.1, -0.05) is 0 Å². The number of urea groups is 1. The second-order valence-electron chi connectivity index (χ2n) is 7.21. The van der Waals surface area contributed by atoms with E-state index in [1.165, 1.54) is 26.4 Å². The maximum absolute atomic E-state index is 12.9. The number of hydrogen-bond donors (Lipinski definition) is 4. The molecule has 0 heterocycles. The molecule has 0 unspecified atom stereocenters. The zero-order chi connectivity index (χ0) is 25.4. The van der Waals surface area contributed by atoms with E-state index in [4.69, 9.17) is 19.9 Å². The summed E-state index contributed by atoms with van der Waals surface area (Å²) < 4.78 is 15.6. The minimum absolute atomic E-state index is 0.121. The number of methoxy groups -OCH3 is 2. The predicted octanol–water partition coefficient (Wildman–Crippen LogP) is 4.36. The van der Waals surface area contributed by atoms with Crippen LogP contribution in [0.15, 0.2) is 60.7 Å². The molecule has 0 saturated carbocycles. The van der Waals surface area contributed by atoms with Gasteiger partial charge in [0.2, 0.25) is 0 Å². The molecule has 3 amide bonds. The third-order valence-corrected chi connectivity index (χ3v) is 4.84. The Morgan fingerprint density at radius 2 is 1.34 bits per heavy atom. The Morgan fingerprint density at radius 1 is 0.800 bits per heavy atom. The fraction of sp³-hybridized carbons (Fsp3) is 0.160. The molecule has 35 heavy (non-hydrogen) atoms. The number of esters is 1. The molecule has 0 fully saturated rings. The third kappa shape index (κ3) is 6.41. The number of ether oxygens (including phenoxy) is 3. The molecular weight excluding hydrogens is 452 g/mol. The molecular formula is C25H26N4O6. The van der Waals surface area contributed by atoms with Gasteiger partial charge in [0.1, 0.15) is 0 Å². The number of carbonyl (C=O) groups excluding carboxylic acids is 3. The van der Waals surface area contributed by atoms with Crippen molar-refractivity contribution in [1.82, 2.24) is 0 Å². The van der Waals surface area contributed by atoms with E-state index in [0.717, 1.165) is 0 Å². The van der Waals surface area contributed by atoms with Crippen LogP contribution in [0.2, 0.25) is 0 Å². The largest absolute Gasteiger partial charge is 0.493 e.